The van der Waals surface area contributed by atoms with Gasteiger partial charge in [0, 0.05) is 0 Å². The van der Waals surface area contributed by atoms with Crippen molar-refractivity contribution in [2.45, 2.75) is 0 Å². The Bertz CT molecular complexity index is 369. The number of nitrogens with zero attached hydrogens (tertiary/aromatic N) is 2. The van der Waals surface area contributed by atoms with E-state index in [0.29, 0.717) is 0 Å². The number of halogens is 1. The van der Waals surface area contributed by atoms with Gasteiger partial charge in [-0.1, -0.05) is 11.6 Å². The molecule has 1 amide bonds. The Morgan fingerprint density at radius 1 is 1.43 bits per heavy atom. The molecule has 0 aromatic carbocycles. The van der Waals surface area contributed by atoms with E-state index in [1.807, 2.05) is 0 Å². The van der Waals surface area contributed by atoms with E-state index in [1.165, 1.54) is 7.11 Å². The third-order valence-electron chi connectivity index (χ3n) is 1.31. The first-order chi connectivity index (χ1) is 6.54. The Morgan fingerprint density at radius 3 is 2.64 bits per heavy atom. The van der Waals surface area contributed by atoms with Crippen LogP contribution in [0.15, 0.2) is 0 Å². The Labute approximate surface area is 84.4 Å². The summed E-state index contributed by atoms with van der Waals surface area (Å²) in [5.74, 6) is -0.0204. The molecule has 1 rings (SSSR count). The summed E-state index contributed by atoms with van der Waals surface area (Å²) in [6, 6.07) is 0. The minimum absolute atomic E-state index is 0.000387. The van der Waals surface area contributed by atoms with Gasteiger partial charge in [-0.3, -0.25) is 5.32 Å². The lowest BCUT2D eigenvalue weighted by Gasteiger charge is -2.06. The van der Waals surface area contributed by atoms with Crippen molar-refractivity contribution in [3.63, 3.8) is 0 Å². The Hall–Kier alpha value is -1.76. The van der Waals surface area contributed by atoms with Crippen molar-refractivity contribution in [1.82, 2.24) is 9.97 Å². The van der Waals surface area contributed by atoms with Crippen LogP contribution >= 0.6 is 11.6 Å². The summed E-state index contributed by atoms with van der Waals surface area (Å²) >= 11 is 5.57. The minimum Gasteiger partial charge on any atom is -0.453 e. The van der Waals surface area contributed by atoms with Gasteiger partial charge in [0.15, 0.2) is 22.6 Å². The number of carbonyl (C=O) groups excluding carboxylic acids is 1. The van der Waals surface area contributed by atoms with Gasteiger partial charge in [-0.15, -0.1) is 0 Å². The average Bonchev–Trinajstić information content (AvgIpc) is 2.14. The summed E-state index contributed by atoms with van der Waals surface area (Å²) in [5, 5.41) is 2.19. The molecule has 0 unspecified atom stereocenters. The summed E-state index contributed by atoms with van der Waals surface area (Å²) < 4.78 is 4.33. The normalized spacial score (nSPS) is 9.57. The maximum atomic E-state index is 10.8. The second-order valence-electron chi connectivity index (χ2n) is 2.25. The van der Waals surface area contributed by atoms with Gasteiger partial charge >= 0.3 is 6.09 Å². The Morgan fingerprint density at radius 2 is 2.07 bits per heavy atom. The van der Waals surface area contributed by atoms with Crippen LogP contribution < -0.4 is 16.8 Å². The summed E-state index contributed by atoms with van der Waals surface area (Å²) in [6.45, 7) is 0. The van der Waals surface area contributed by atoms with Crippen LogP contribution in [0.25, 0.3) is 0 Å². The lowest BCUT2D eigenvalue weighted by atomic mass is 10.5. The average molecular weight is 218 g/mol. The lowest BCUT2D eigenvalue weighted by molar-refractivity contribution is 0.187. The zero-order valence-electron chi connectivity index (χ0n) is 7.24. The number of amides is 1. The highest BCUT2D eigenvalue weighted by Crippen LogP contribution is 2.20. The number of hydrogen-bond donors (Lipinski definition) is 3. The molecule has 0 radical (unpaired) electrons. The van der Waals surface area contributed by atoms with Crippen molar-refractivity contribution in [2.24, 2.45) is 0 Å². The van der Waals surface area contributed by atoms with Gasteiger partial charge in [-0.25, -0.2) is 14.8 Å². The zero-order chi connectivity index (χ0) is 10.7. The fraction of sp³-hybridized carbons (Fsp3) is 0.167. The SMILES string of the molecule is COC(=O)Nc1nc(Cl)c(N)nc1N. The molecule has 0 bridgehead atoms. The van der Waals surface area contributed by atoms with Crippen molar-refractivity contribution in [3.05, 3.63) is 5.15 Å². The van der Waals surface area contributed by atoms with Gasteiger partial charge in [0.05, 0.1) is 7.11 Å². The molecule has 5 N–H and O–H groups in total. The van der Waals surface area contributed by atoms with Crippen LogP contribution in [0.3, 0.4) is 0 Å². The van der Waals surface area contributed by atoms with Crippen LogP contribution in [-0.4, -0.2) is 23.2 Å². The third-order valence-corrected chi connectivity index (χ3v) is 1.59. The first-order valence-electron chi connectivity index (χ1n) is 3.48. The number of rotatable bonds is 1. The van der Waals surface area contributed by atoms with E-state index in [1.54, 1.807) is 0 Å². The summed E-state index contributed by atoms with van der Waals surface area (Å²) in [7, 11) is 1.21. The van der Waals surface area contributed by atoms with Crippen LogP contribution in [0, 0.1) is 0 Å². The number of nitrogens with two attached hydrogens (primary N) is 2. The van der Waals surface area contributed by atoms with Crippen LogP contribution in [0.5, 0.6) is 0 Å². The van der Waals surface area contributed by atoms with E-state index in [9.17, 15) is 4.79 Å². The highest BCUT2D eigenvalue weighted by atomic mass is 35.5. The molecule has 0 saturated heterocycles. The van der Waals surface area contributed by atoms with Gasteiger partial charge in [-0.05, 0) is 0 Å². The molecule has 14 heavy (non-hydrogen) atoms. The van der Waals surface area contributed by atoms with E-state index in [0.717, 1.165) is 0 Å². The zero-order valence-corrected chi connectivity index (χ0v) is 8.00. The predicted octanol–water partition coefficient (Wildman–Crippen LogP) is 0.473. The van der Waals surface area contributed by atoms with Crippen molar-refractivity contribution in [1.29, 1.82) is 0 Å². The molecule has 0 aliphatic rings. The van der Waals surface area contributed by atoms with Crippen molar-refractivity contribution in [2.75, 3.05) is 23.9 Å². The largest absolute Gasteiger partial charge is 0.453 e. The predicted molar refractivity (Wildman–Crippen MR) is 51.9 cm³/mol. The standard InChI is InChI=1S/C6H8ClN5O2/c1-14-6(13)12-5-4(9)11-3(8)2(7)10-5/h1H3,(H4,8,9,11)(H,10,12,13). The van der Waals surface area contributed by atoms with E-state index in [-0.39, 0.29) is 22.6 Å². The van der Waals surface area contributed by atoms with Crippen molar-refractivity contribution >= 4 is 35.1 Å². The number of anilines is 3. The van der Waals surface area contributed by atoms with Gasteiger partial charge < -0.3 is 16.2 Å². The second kappa shape index (κ2) is 3.97. The summed E-state index contributed by atoms with van der Waals surface area (Å²) in [5.41, 5.74) is 10.7. The van der Waals surface area contributed by atoms with Gasteiger partial charge in [-0.2, -0.15) is 0 Å². The van der Waals surface area contributed by atoms with Crippen molar-refractivity contribution < 1.29 is 9.53 Å². The number of methoxy groups -OCH3 is 1. The fourth-order valence-electron chi connectivity index (χ4n) is 0.681. The minimum atomic E-state index is -0.716. The lowest BCUT2D eigenvalue weighted by Crippen LogP contribution is -2.15. The van der Waals surface area contributed by atoms with E-state index in [4.69, 9.17) is 23.1 Å². The molecule has 1 aromatic rings. The molecule has 0 spiro atoms. The Balaban J connectivity index is 2.98. The quantitative estimate of drug-likeness (QED) is 0.630. The van der Waals surface area contributed by atoms with Crippen LogP contribution in [0.1, 0.15) is 0 Å². The fourth-order valence-corrected chi connectivity index (χ4v) is 0.808. The van der Waals surface area contributed by atoms with Gasteiger partial charge in [0.25, 0.3) is 0 Å². The number of nitrogen functional groups attached to an aromatic ring is 2. The number of ether oxygens (including phenoxy) is 1. The Kier molecular flexibility index (Phi) is 2.92. The van der Waals surface area contributed by atoms with E-state index >= 15 is 0 Å². The number of aromatic nitrogens is 2. The molecule has 1 aromatic heterocycles. The van der Waals surface area contributed by atoms with Gasteiger partial charge in [0.2, 0.25) is 0 Å². The van der Waals surface area contributed by atoms with Gasteiger partial charge in [0.1, 0.15) is 0 Å². The first-order valence-corrected chi connectivity index (χ1v) is 3.86. The molecular weight excluding hydrogens is 210 g/mol. The topological polar surface area (TPSA) is 116 Å². The molecule has 0 fully saturated rings. The summed E-state index contributed by atoms with van der Waals surface area (Å²) in [6.07, 6.45) is -0.716. The molecular formula is C6H8ClN5O2. The number of hydrogen-bond acceptors (Lipinski definition) is 6. The monoisotopic (exact) mass is 217 g/mol. The highest BCUT2D eigenvalue weighted by Gasteiger charge is 2.10. The van der Waals surface area contributed by atoms with E-state index in [2.05, 4.69) is 20.0 Å². The first kappa shape index (κ1) is 10.3. The second-order valence-corrected chi connectivity index (χ2v) is 2.61. The molecule has 7 nitrogen and oxygen atoms in total. The van der Waals surface area contributed by atoms with Crippen molar-refractivity contribution in [3.8, 4) is 0 Å². The maximum absolute atomic E-state index is 10.8. The van der Waals surface area contributed by atoms with Crippen LogP contribution in [-0.2, 0) is 4.74 Å². The van der Waals surface area contributed by atoms with Crippen LogP contribution in [0.2, 0.25) is 5.15 Å². The smallest absolute Gasteiger partial charge is 0.412 e. The third kappa shape index (κ3) is 2.13. The number of carbonyl (C=O) groups is 1. The highest BCUT2D eigenvalue weighted by molar-refractivity contribution is 6.31. The van der Waals surface area contributed by atoms with E-state index < -0.39 is 6.09 Å². The maximum Gasteiger partial charge on any atom is 0.412 e. The molecule has 1 heterocycles. The molecule has 0 atom stereocenters. The summed E-state index contributed by atoms with van der Waals surface area (Å²) in [4.78, 5) is 18.2. The molecule has 0 aliphatic carbocycles. The molecule has 0 saturated carbocycles. The molecule has 0 aliphatic heterocycles. The molecule has 76 valence electrons. The molecule has 8 heteroatoms. The number of nitrogens with one attached hydrogen (secondary N) is 1. The van der Waals surface area contributed by atoms with Crippen LogP contribution in [0.4, 0.5) is 22.2 Å².